The second-order valence-corrected chi connectivity index (χ2v) is 6.18. The molecule has 4 nitrogen and oxygen atoms in total. The fourth-order valence-corrected chi connectivity index (χ4v) is 3.29. The zero-order valence-corrected chi connectivity index (χ0v) is 12.6. The first-order valence-corrected chi connectivity index (χ1v) is 7.89. The van der Waals surface area contributed by atoms with Crippen LogP contribution in [-0.2, 0) is 19.7 Å². The number of carbonyl (C=O) groups is 1. The Bertz CT molecular complexity index is 522. The van der Waals surface area contributed by atoms with Crippen molar-refractivity contribution in [1.29, 1.82) is 0 Å². The maximum Gasteiger partial charge on any atom is 0.225 e. The molecule has 120 valence electrons. The van der Waals surface area contributed by atoms with E-state index in [1.54, 1.807) is 12.1 Å². The van der Waals surface area contributed by atoms with E-state index in [9.17, 15) is 9.18 Å². The highest BCUT2D eigenvalue weighted by molar-refractivity contribution is 5.79. The number of carbonyl (C=O) groups excluding carboxylic acids is 1. The van der Waals surface area contributed by atoms with Gasteiger partial charge in [0.15, 0.2) is 0 Å². The Morgan fingerprint density at radius 2 is 2.09 bits per heavy atom. The normalized spacial score (nSPS) is 24.1. The van der Waals surface area contributed by atoms with E-state index in [2.05, 4.69) is 5.32 Å². The Balaban J connectivity index is 1.73. The molecule has 0 aliphatic carbocycles. The van der Waals surface area contributed by atoms with Crippen molar-refractivity contribution in [3.8, 4) is 0 Å². The molecule has 1 aromatic rings. The molecular weight excluding hydrogens is 285 g/mol. The molecule has 22 heavy (non-hydrogen) atoms. The summed E-state index contributed by atoms with van der Waals surface area (Å²) in [5.74, 6) is -0.247. The molecule has 2 heterocycles. The van der Waals surface area contributed by atoms with Crippen LogP contribution in [0.2, 0.25) is 0 Å². The molecule has 0 bridgehead atoms. The maximum atomic E-state index is 13.6. The minimum atomic E-state index is -0.241. The molecule has 1 atom stereocenters. The zero-order valence-electron chi connectivity index (χ0n) is 12.6. The van der Waals surface area contributed by atoms with E-state index in [1.807, 2.05) is 6.07 Å². The first kappa shape index (κ1) is 15.4. The van der Waals surface area contributed by atoms with Crippen LogP contribution in [0.1, 0.15) is 24.8 Å². The number of ether oxygens (including phenoxy) is 2. The molecule has 1 N–H and O–H groups in total. The Morgan fingerprint density at radius 1 is 1.27 bits per heavy atom. The van der Waals surface area contributed by atoms with E-state index in [0.29, 0.717) is 33.0 Å². The lowest BCUT2D eigenvalue weighted by atomic mass is 9.74. The minimum Gasteiger partial charge on any atom is -0.381 e. The molecule has 2 aliphatic rings. The van der Waals surface area contributed by atoms with Crippen LogP contribution in [0.15, 0.2) is 24.3 Å². The van der Waals surface area contributed by atoms with Crippen molar-refractivity contribution in [3.05, 3.63) is 35.6 Å². The molecule has 2 aliphatic heterocycles. The van der Waals surface area contributed by atoms with Crippen LogP contribution < -0.4 is 5.32 Å². The van der Waals surface area contributed by atoms with Crippen LogP contribution in [0.25, 0.3) is 0 Å². The molecule has 0 saturated carbocycles. The van der Waals surface area contributed by atoms with Gasteiger partial charge in [0.05, 0.1) is 12.5 Å². The van der Waals surface area contributed by atoms with Gasteiger partial charge < -0.3 is 14.8 Å². The van der Waals surface area contributed by atoms with Crippen LogP contribution in [0.4, 0.5) is 4.39 Å². The fraction of sp³-hybridized carbons (Fsp3) is 0.588. The topological polar surface area (TPSA) is 47.6 Å². The van der Waals surface area contributed by atoms with Crippen molar-refractivity contribution in [2.75, 3.05) is 33.0 Å². The Hall–Kier alpha value is -1.46. The van der Waals surface area contributed by atoms with Gasteiger partial charge in [-0.2, -0.15) is 0 Å². The molecule has 3 rings (SSSR count). The minimum absolute atomic E-state index is 0.0415. The van der Waals surface area contributed by atoms with Crippen LogP contribution in [0.3, 0.4) is 0 Å². The van der Waals surface area contributed by atoms with Gasteiger partial charge in [-0.3, -0.25) is 4.79 Å². The number of amides is 1. The number of hydrogen-bond acceptors (Lipinski definition) is 3. The fourth-order valence-electron chi connectivity index (χ4n) is 3.29. The van der Waals surface area contributed by atoms with Gasteiger partial charge in [0.1, 0.15) is 5.82 Å². The van der Waals surface area contributed by atoms with Gasteiger partial charge in [-0.1, -0.05) is 12.1 Å². The number of benzene rings is 1. The van der Waals surface area contributed by atoms with Crippen LogP contribution >= 0.6 is 0 Å². The molecule has 2 saturated heterocycles. The first-order chi connectivity index (χ1) is 10.7. The average Bonchev–Trinajstić information content (AvgIpc) is 3.08. The third kappa shape index (κ3) is 3.31. The number of rotatable bonds is 4. The summed E-state index contributed by atoms with van der Waals surface area (Å²) in [5, 5.41) is 3.06. The summed E-state index contributed by atoms with van der Waals surface area (Å²) >= 11 is 0. The van der Waals surface area contributed by atoms with Crippen LogP contribution in [0, 0.1) is 11.7 Å². The highest BCUT2D eigenvalue weighted by Crippen LogP contribution is 2.34. The molecule has 1 unspecified atom stereocenters. The second kappa shape index (κ2) is 6.75. The van der Waals surface area contributed by atoms with Crippen molar-refractivity contribution in [3.63, 3.8) is 0 Å². The lowest BCUT2D eigenvalue weighted by Crippen LogP contribution is -2.46. The average molecular weight is 307 g/mol. The summed E-state index contributed by atoms with van der Waals surface area (Å²) in [6.07, 6.45) is 2.36. The predicted molar refractivity (Wildman–Crippen MR) is 80.1 cm³/mol. The number of nitrogens with one attached hydrogen (secondary N) is 1. The summed E-state index contributed by atoms with van der Waals surface area (Å²) < 4.78 is 24.3. The third-order valence-electron chi connectivity index (χ3n) is 4.79. The van der Waals surface area contributed by atoms with Gasteiger partial charge in [0, 0.05) is 31.8 Å². The van der Waals surface area contributed by atoms with Gasteiger partial charge in [0.2, 0.25) is 5.91 Å². The van der Waals surface area contributed by atoms with Crippen molar-refractivity contribution < 1.29 is 18.7 Å². The maximum absolute atomic E-state index is 13.6. The van der Waals surface area contributed by atoms with E-state index < -0.39 is 0 Å². The van der Waals surface area contributed by atoms with Gasteiger partial charge in [-0.05, 0) is 37.0 Å². The van der Waals surface area contributed by atoms with Gasteiger partial charge in [0.25, 0.3) is 0 Å². The first-order valence-electron chi connectivity index (χ1n) is 7.89. The summed E-state index contributed by atoms with van der Waals surface area (Å²) in [7, 11) is 0. The number of halogens is 1. The molecule has 1 amide bonds. The third-order valence-corrected chi connectivity index (χ3v) is 4.79. The van der Waals surface area contributed by atoms with E-state index in [0.717, 1.165) is 24.8 Å². The molecule has 1 aromatic carbocycles. The van der Waals surface area contributed by atoms with E-state index in [4.69, 9.17) is 9.47 Å². The number of hydrogen-bond donors (Lipinski definition) is 1. The van der Waals surface area contributed by atoms with Gasteiger partial charge in [-0.25, -0.2) is 4.39 Å². The summed E-state index contributed by atoms with van der Waals surface area (Å²) in [5.41, 5.74) is 0.703. The standard InChI is InChI=1S/C17H22FNO3/c18-15-3-1-2-14(10-15)17(5-8-21-9-6-17)12-19-16(20)13-4-7-22-11-13/h1-3,10,13H,4-9,11-12H2,(H,19,20). The zero-order chi connectivity index (χ0) is 15.4. The largest absolute Gasteiger partial charge is 0.381 e. The van der Waals surface area contributed by atoms with Crippen molar-refractivity contribution in [2.24, 2.45) is 5.92 Å². The quantitative estimate of drug-likeness (QED) is 0.926. The van der Waals surface area contributed by atoms with Crippen molar-refractivity contribution in [1.82, 2.24) is 5.32 Å². The molecule has 0 radical (unpaired) electrons. The van der Waals surface area contributed by atoms with E-state index in [-0.39, 0.29) is 23.1 Å². The van der Waals surface area contributed by atoms with E-state index >= 15 is 0 Å². The summed E-state index contributed by atoms with van der Waals surface area (Å²) in [6, 6.07) is 6.70. The van der Waals surface area contributed by atoms with Crippen molar-refractivity contribution in [2.45, 2.75) is 24.7 Å². The summed E-state index contributed by atoms with van der Waals surface area (Å²) in [6.45, 7) is 2.95. The Kier molecular flexibility index (Phi) is 4.74. The molecule has 2 fully saturated rings. The molecule has 5 heteroatoms. The lowest BCUT2D eigenvalue weighted by Gasteiger charge is -2.38. The van der Waals surface area contributed by atoms with Gasteiger partial charge >= 0.3 is 0 Å². The highest BCUT2D eigenvalue weighted by atomic mass is 19.1. The second-order valence-electron chi connectivity index (χ2n) is 6.18. The van der Waals surface area contributed by atoms with Crippen molar-refractivity contribution >= 4 is 5.91 Å². The molecular formula is C17H22FNO3. The molecule has 0 spiro atoms. The highest BCUT2D eigenvalue weighted by Gasteiger charge is 2.36. The smallest absolute Gasteiger partial charge is 0.225 e. The van der Waals surface area contributed by atoms with Crippen LogP contribution in [0.5, 0.6) is 0 Å². The summed E-state index contributed by atoms with van der Waals surface area (Å²) in [4.78, 5) is 12.2. The lowest BCUT2D eigenvalue weighted by molar-refractivity contribution is -0.125. The Morgan fingerprint density at radius 3 is 2.77 bits per heavy atom. The predicted octanol–water partition coefficient (Wildman–Crippen LogP) is 2.03. The SMILES string of the molecule is O=C(NCC1(c2cccc(F)c2)CCOCC1)C1CCOC1. The molecule has 0 aromatic heterocycles. The Labute approximate surface area is 130 Å². The van der Waals surface area contributed by atoms with E-state index in [1.165, 1.54) is 6.07 Å². The van der Waals surface area contributed by atoms with Gasteiger partial charge in [-0.15, -0.1) is 0 Å². The monoisotopic (exact) mass is 307 g/mol. The van der Waals surface area contributed by atoms with Crippen LogP contribution in [-0.4, -0.2) is 38.9 Å².